The third-order valence-corrected chi connectivity index (χ3v) is 3.20. The van der Waals surface area contributed by atoms with Crippen molar-refractivity contribution in [2.24, 2.45) is 0 Å². The highest BCUT2D eigenvalue weighted by atomic mass is 35.5. The van der Waals surface area contributed by atoms with Gasteiger partial charge in [0.05, 0.1) is 6.42 Å². The Labute approximate surface area is 117 Å². The molecule has 0 amide bonds. The van der Waals surface area contributed by atoms with Crippen LogP contribution in [0.1, 0.15) is 24.7 Å². The Bertz CT molecular complexity index is 565. The molecule has 0 aliphatic heterocycles. The molecule has 0 saturated carbocycles. The Kier molecular flexibility index (Phi) is 4.68. The summed E-state index contributed by atoms with van der Waals surface area (Å²) in [6.07, 6.45) is 3.09. The van der Waals surface area contributed by atoms with Gasteiger partial charge in [0.25, 0.3) is 0 Å². The number of aryl methyl sites for hydroxylation is 1. The van der Waals surface area contributed by atoms with Gasteiger partial charge in [-0.05, 0) is 18.1 Å². The Morgan fingerprint density at radius 1 is 1.32 bits per heavy atom. The second kappa shape index (κ2) is 6.48. The van der Waals surface area contributed by atoms with Crippen molar-refractivity contribution in [1.82, 2.24) is 14.8 Å². The standard InChI is InChI=1S/C14H16ClN3O/c1-2-7-18-14(16-10-17-18)9-12(19)8-11-5-3-4-6-13(11)15/h3-6,10H,2,7-9H2,1H3. The molecule has 0 atom stereocenters. The third kappa shape index (κ3) is 3.64. The maximum atomic E-state index is 12.0. The molecule has 2 aromatic rings. The van der Waals surface area contributed by atoms with Gasteiger partial charge in [0.2, 0.25) is 0 Å². The second-order valence-corrected chi connectivity index (χ2v) is 4.79. The van der Waals surface area contributed by atoms with E-state index in [0.717, 1.165) is 24.4 Å². The molecule has 4 nitrogen and oxygen atoms in total. The van der Waals surface area contributed by atoms with Crippen LogP contribution in [0, 0.1) is 0 Å². The van der Waals surface area contributed by atoms with Crippen molar-refractivity contribution in [3.05, 3.63) is 47.0 Å². The highest BCUT2D eigenvalue weighted by Crippen LogP contribution is 2.16. The molecule has 0 N–H and O–H groups in total. The molecular weight excluding hydrogens is 262 g/mol. The minimum Gasteiger partial charge on any atom is -0.299 e. The van der Waals surface area contributed by atoms with Gasteiger partial charge in [-0.1, -0.05) is 36.7 Å². The van der Waals surface area contributed by atoms with E-state index >= 15 is 0 Å². The molecule has 5 heteroatoms. The summed E-state index contributed by atoms with van der Waals surface area (Å²) >= 11 is 6.05. The largest absolute Gasteiger partial charge is 0.299 e. The molecule has 1 aromatic heterocycles. The predicted octanol–water partition coefficient (Wildman–Crippen LogP) is 2.70. The first-order valence-corrected chi connectivity index (χ1v) is 6.70. The zero-order valence-corrected chi connectivity index (χ0v) is 11.6. The normalized spacial score (nSPS) is 10.6. The molecular formula is C14H16ClN3O. The number of benzene rings is 1. The smallest absolute Gasteiger partial charge is 0.144 e. The molecule has 19 heavy (non-hydrogen) atoms. The van der Waals surface area contributed by atoms with Crippen molar-refractivity contribution >= 4 is 17.4 Å². The monoisotopic (exact) mass is 277 g/mol. The third-order valence-electron chi connectivity index (χ3n) is 2.83. The topological polar surface area (TPSA) is 47.8 Å². The highest BCUT2D eigenvalue weighted by Gasteiger charge is 2.11. The fraction of sp³-hybridized carbons (Fsp3) is 0.357. The number of carbonyl (C=O) groups is 1. The van der Waals surface area contributed by atoms with Gasteiger partial charge in [0, 0.05) is 18.0 Å². The van der Waals surface area contributed by atoms with E-state index in [9.17, 15) is 4.79 Å². The summed E-state index contributed by atoms with van der Waals surface area (Å²) in [6.45, 7) is 2.85. The van der Waals surface area contributed by atoms with Crippen LogP contribution in [0.3, 0.4) is 0 Å². The van der Waals surface area contributed by atoms with Gasteiger partial charge < -0.3 is 0 Å². The first-order chi connectivity index (χ1) is 9.20. The van der Waals surface area contributed by atoms with Crippen molar-refractivity contribution in [2.45, 2.75) is 32.7 Å². The van der Waals surface area contributed by atoms with E-state index in [2.05, 4.69) is 17.0 Å². The van der Waals surface area contributed by atoms with Gasteiger partial charge in [0.15, 0.2) is 0 Å². The van der Waals surface area contributed by atoms with Gasteiger partial charge in [-0.3, -0.25) is 4.79 Å². The minimum absolute atomic E-state index is 0.0958. The van der Waals surface area contributed by atoms with E-state index in [4.69, 9.17) is 11.6 Å². The van der Waals surface area contributed by atoms with Crippen LogP contribution < -0.4 is 0 Å². The molecule has 0 saturated heterocycles. The second-order valence-electron chi connectivity index (χ2n) is 4.38. The Balaban J connectivity index is 2.02. The maximum absolute atomic E-state index is 12.0. The fourth-order valence-corrected chi connectivity index (χ4v) is 2.12. The van der Waals surface area contributed by atoms with Crippen molar-refractivity contribution in [3.63, 3.8) is 0 Å². The number of halogens is 1. The summed E-state index contributed by atoms with van der Waals surface area (Å²) in [5.74, 6) is 0.817. The molecule has 1 heterocycles. The SMILES string of the molecule is CCCn1ncnc1CC(=O)Cc1ccccc1Cl. The van der Waals surface area contributed by atoms with E-state index in [1.807, 2.05) is 18.2 Å². The number of aromatic nitrogens is 3. The summed E-state index contributed by atoms with van der Waals surface area (Å²) in [7, 11) is 0. The molecule has 0 fully saturated rings. The van der Waals surface area contributed by atoms with Gasteiger partial charge in [0.1, 0.15) is 17.9 Å². The van der Waals surface area contributed by atoms with Gasteiger partial charge in [-0.2, -0.15) is 5.10 Å². The number of Topliss-reactive ketones (excluding diaryl/α,β-unsaturated/α-hetero) is 1. The Morgan fingerprint density at radius 3 is 2.84 bits per heavy atom. The first-order valence-electron chi connectivity index (χ1n) is 6.32. The van der Waals surface area contributed by atoms with Gasteiger partial charge in [-0.15, -0.1) is 0 Å². The van der Waals surface area contributed by atoms with Crippen LogP contribution in [0.2, 0.25) is 5.02 Å². The van der Waals surface area contributed by atoms with Gasteiger partial charge in [-0.25, -0.2) is 9.67 Å². The number of rotatable bonds is 6. The van der Waals surface area contributed by atoms with Crippen LogP contribution in [0.15, 0.2) is 30.6 Å². The lowest BCUT2D eigenvalue weighted by Gasteiger charge is -2.05. The number of hydrogen-bond acceptors (Lipinski definition) is 3. The van der Waals surface area contributed by atoms with Crippen molar-refractivity contribution in [3.8, 4) is 0 Å². The van der Waals surface area contributed by atoms with Crippen LogP contribution in [-0.2, 0) is 24.2 Å². The molecule has 2 rings (SSSR count). The fourth-order valence-electron chi connectivity index (χ4n) is 1.92. The van der Waals surface area contributed by atoms with Crippen LogP contribution >= 0.6 is 11.6 Å². The molecule has 100 valence electrons. The Hall–Kier alpha value is -1.68. The molecule has 1 aromatic carbocycles. The average Bonchev–Trinajstić information content (AvgIpc) is 2.80. The van der Waals surface area contributed by atoms with Crippen LogP contribution in [0.25, 0.3) is 0 Å². The molecule has 0 spiro atoms. The van der Waals surface area contributed by atoms with E-state index in [1.165, 1.54) is 6.33 Å². The van der Waals surface area contributed by atoms with Crippen molar-refractivity contribution < 1.29 is 4.79 Å². The lowest BCUT2D eigenvalue weighted by molar-refractivity contribution is -0.117. The van der Waals surface area contributed by atoms with Crippen molar-refractivity contribution in [1.29, 1.82) is 0 Å². The lowest BCUT2D eigenvalue weighted by atomic mass is 10.1. The van der Waals surface area contributed by atoms with E-state index in [1.54, 1.807) is 10.7 Å². The first kappa shape index (κ1) is 13.7. The van der Waals surface area contributed by atoms with Crippen LogP contribution in [0.5, 0.6) is 0 Å². The zero-order chi connectivity index (χ0) is 13.7. The van der Waals surface area contributed by atoms with Gasteiger partial charge >= 0.3 is 0 Å². The number of nitrogens with zero attached hydrogens (tertiary/aromatic N) is 3. The zero-order valence-electron chi connectivity index (χ0n) is 10.8. The summed E-state index contributed by atoms with van der Waals surface area (Å²) < 4.78 is 1.78. The van der Waals surface area contributed by atoms with E-state index < -0.39 is 0 Å². The maximum Gasteiger partial charge on any atom is 0.144 e. The molecule has 0 bridgehead atoms. The summed E-state index contributed by atoms with van der Waals surface area (Å²) in [6, 6.07) is 7.41. The van der Waals surface area contributed by atoms with Crippen LogP contribution in [0.4, 0.5) is 0 Å². The number of ketones is 1. The number of hydrogen-bond donors (Lipinski definition) is 0. The van der Waals surface area contributed by atoms with Crippen molar-refractivity contribution in [2.75, 3.05) is 0 Å². The average molecular weight is 278 g/mol. The molecule has 0 radical (unpaired) electrons. The molecule has 0 unspecified atom stereocenters. The lowest BCUT2D eigenvalue weighted by Crippen LogP contribution is -2.13. The minimum atomic E-state index is 0.0958. The number of carbonyl (C=O) groups excluding carboxylic acids is 1. The summed E-state index contributed by atoms with van der Waals surface area (Å²) in [5.41, 5.74) is 0.857. The van der Waals surface area contributed by atoms with E-state index in [0.29, 0.717) is 17.9 Å². The molecule has 0 aliphatic rings. The van der Waals surface area contributed by atoms with E-state index in [-0.39, 0.29) is 5.78 Å². The highest BCUT2D eigenvalue weighted by molar-refractivity contribution is 6.31. The summed E-state index contributed by atoms with van der Waals surface area (Å²) in [4.78, 5) is 16.2. The predicted molar refractivity (Wildman–Crippen MR) is 74.2 cm³/mol. The quantitative estimate of drug-likeness (QED) is 0.816. The van der Waals surface area contributed by atoms with Crippen LogP contribution in [-0.4, -0.2) is 20.5 Å². The molecule has 0 aliphatic carbocycles. The Morgan fingerprint density at radius 2 is 2.11 bits per heavy atom. The summed E-state index contributed by atoms with van der Waals surface area (Å²) in [5, 5.41) is 4.74.